The van der Waals surface area contributed by atoms with Crippen LogP contribution in [-0.4, -0.2) is 23.9 Å². The highest BCUT2D eigenvalue weighted by Crippen LogP contribution is 2.14. The molecule has 0 spiro atoms. The molecule has 2 aromatic rings. The van der Waals surface area contributed by atoms with Gasteiger partial charge in [0.1, 0.15) is 5.76 Å². The highest BCUT2D eigenvalue weighted by atomic mass is 16.3. The first-order chi connectivity index (χ1) is 11.2. The van der Waals surface area contributed by atoms with Gasteiger partial charge in [-0.2, -0.15) is 0 Å². The number of carbonyl (C=O) groups excluding carboxylic acids is 1. The molecule has 1 fully saturated rings. The molecular formula is C19H24N2O2. The first kappa shape index (κ1) is 15.8. The maximum atomic E-state index is 11.9. The number of nitrogens with zero attached hydrogens (tertiary/aromatic N) is 1. The van der Waals surface area contributed by atoms with Crippen molar-refractivity contribution in [2.75, 3.05) is 13.1 Å². The number of hydrogen-bond acceptors (Lipinski definition) is 3. The third-order valence-corrected chi connectivity index (χ3v) is 4.30. The van der Waals surface area contributed by atoms with Gasteiger partial charge in [-0.3, -0.25) is 9.69 Å². The predicted molar refractivity (Wildman–Crippen MR) is 90.2 cm³/mol. The lowest BCUT2D eigenvalue weighted by atomic mass is 10.1. The molecule has 0 saturated carbocycles. The van der Waals surface area contributed by atoms with Gasteiger partial charge in [0, 0.05) is 13.1 Å². The Balaban J connectivity index is 1.50. The van der Waals surface area contributed by atoms with Gasteiger partial charge >= 0.3 is 0 Å². The number of benzene rings is 1. The van der Waals surface area contributed by atoms with Gasteiger partial charge in [0.05, 0.1) is 0 Å². The number of aryl methyl sites for hydroxylation is 1. The summed E-state index contributed by atoms with van der Waals surface area (Å²) in [6.07, 6.45) is 4.00. The number of nitrogens with one attached hydrogen (secondary N) is 1. The van der Waals surface area contributed by atoms with Gasteiger partial charge in [-0.25, -0.2) is 0 Å². The molecule has 1 aromatic heterocycles. The Morgan fingerprint density at radius 1 is 1.04 bits per heavy atom. The van der Waals surface area contributed by atoms with E-state index in [0.29, 0.717) is 12.3 Å². The summed E-state index contributed by atoms with van der Waals surface area (Å²) in [5.41, 5.74) is 2.44. The second-order valence-electron chi connectivity index (χ2n) is 6.25. The standard InChI is InChI=1S/C19H24N2O2/c1-15-5-10-18(23-15)19(22)20-13-16-6-8-17(9-7-16)14-21-11-3-2-4-12-21/h5-10H,2-4,11-14H2,1H3,(H,20,22). The van der Waals surface area contributed by atoms with Crippen LogP contribution in [-0.2, 0) is 13.1 Å². The van der Waals surface area contributed by atoms with Crippen molar-refractivity contribution in [2.24, 2.45) is 0 Å². The maximum absolute atomic E-state index is 11.9. The van der Waals surface area contributed by atoms with E-state index in [4.69, 9.17) is 4.42 Å². The first-order valence-corrected chi connectivity index (χ1v) is 8.35. The van der Waals surface area contributed by atoms with Crippen molar-refractivity contribution in [1.29, 1.82) is 0 Å². The van der Waals surface area contributed by atoms with E-state index in [-0.39, 0.29) is 5.91 Å². The van der Waals surface area contributed by atoms with E-state index >= 15 is 0 Å². The molecule has 4 heteroatoms. The van der Waals surface area contributed by atoms with Crippen LogP contribution in [0.25, 0.3) is 0 Å². The molecule has 0 aliphatic carbocycles. The molecule has 0 radical (unpaired) electrons. The van der Waals surface area contributed by atoms with Gasteiger partial charge in [-0.05, 0) is 56.1 Å². The number of piperidine rings is 1. The first-order valence-electron chi connectivity index (χ1n) is 8.35. The molecule has 1 aliphatic heterocycles. The van der Waals surface area contributed by atoms with Crippen molar-refractivity contribution < 1.29 is 9.21 Å². The maximum Gasteiger partial charge on any atom is 0.287 e. The van der Waals surface area contributed by atoms with Crippen molar-refractivity contribution in [3.05, 3.63) is 59.0 Å². The summed E-state index contributed by atoms with van der Waals surface area (Å²) in [5.74, 6) is 0.942. The lowest BCUT2D eigenvalue weighted by Crippen LogP contribution is -2.29. The fourth-order valence-corrected chi connectivity index (χ4v) is 2.96. The largest absolute Gasteiger partial charge is 0.456 e. The molecule has 1 amide bonds. The Morgan fingerprint density at radius 2 is 1.74 bits per heavy atom. The lowest BCUT2D eigenvalue weighted by molar-refractivity contribution is 0.0922. The molecule has 0 unspecified atom stereocenters. The van der Waals surface area contributed by atoms with Crippen LogP contribution >= 0.6 is 0 Å². The number of amides is 1. The average Bonchev–Trinajstić information content (AvgIpc) is 3.01. The van der Waals surface area contributed by atoms with E-state index in [0.717, 1.165) is 17.9 Å². The molecule has 1 N–H and O–H groups in total. The summed E-state index contributed by atoms with van der Waals surface area (Å²) in [4.78, 5) is 14.5. The number of furan rings is 1. The van der Waals surface area contributed by atoms with Crippen molar-refractivity contribution in [2.45, 2.75) is 39.3 Å². The summed E-state index contributed by atoms with van der Waals surface area (Å²) in [5, 5.41) is 2.89. The van der Waals surface area contributed by atoms with E-state index < -0.39 is 0 Å². The molecule has 0 atom stereocenters. The minimum atomic E-state index is -0.171. The summed E-state index contributed by atoms with van der Waals surface area (Å²) in [7, 11) is 0. The Labute approximate surface area is 137 Å². The van der Waals surface area contributed by atoms with Crippen LogP contribution in [0.3, 0.4) is 0 Å². The summed E-state index contributed by atoms with van der Waals surface area (Å²) >= 11 is 0. The molecule has 0 bridgehead atoms. The highest BCUT2D eigenvalue weighted by Gasteiger charge is 2.11. The fourth-order valence-electron chi connectivity index (χ4n) is 2.96. The zero-order valence-electron chi connectivity index (χ0n) is 13.7. The van der Waals surface area contributed by atoms with Crippen LogP contribution in [0.4, 0.5) is 0 Å². The predicted octanol–water partition coefficient (Wildman–Crippen LogP) is 3.50. The topological polar surface area (TPSA) is 45.5 Å². The minimum absolute atomic E-state index is 0.171. The number of carbonyl (C=O) groups is 1. The summed E-state index contributed by atoms with van der Waals surface area (Å²) < 4.78 is 5.32. The van der Waals surface area contributed by atoms with Crippen molar-refractivity contribution >= 4 is 5.91 Å². The molecule has 1 aliphatic rings. The average molecular weight is 312 g/mol. The molecular weight excluding hydrogens is 288 g/mol. The van der Waals surface area contributed by atoms with Crippen molar-refractivity contribution in [3.8, 4) is 0 Å². The van der Waals surface area contributed by atoms with Crippen LogP contribution in [0.2, 0.25) is 0 Å². The second-order valence-corrected chi connectivity index (χ2v) is 6.25. The lowest BCUT2D eigenvalue weighted by Gasteiger charge is -2.26. The molecule has 122 valence electrons. The van der Waals surface area contributed by atoms with E-state index in [2.05, 4.69) is 34.5 Å². The molecule has 2 heterocycles. The molecule has 1 aromatic carbocycles. The number of likely N-dealkylation sites (tertiary alicyclic amines) is 1. The fraction of sp³-hybridized carbons (Fsp3) is 0.421. The molecule has 3 rings (SSSR count). The van der Waals surface area contributed by atoms with Crippen molar-refractivity contribution in [1.82, 2.24) is 10.2 Å². The Hall–Kier alpha value is -2.07. The Morgan fingerprint density at radius 3 is 2.39 bits per heavy atom. The van der Waals surface area contributed by atoms with Gasteiger partial charge in [0.2, 0.25) is 0 Å². The SMILES string of the molecule is Cc1ccc(C(=O)NCc2ccc(CN3CCCCC3)cc2)o1. The third kappa shape index (κ3) is 4.45. The summed E-state index contributed by atoms with van der Waals surface area (Å²) in [6, 6.07) is 12.0. The van der Waals surface area contributed by atoms with Crippen LogP contribution < -0.4 is 5.32 Å². The van der Waals surface area contributed by atoms with Gasteiger partial charge in [0.15, 0.2) is 5.76 Å². The van der Waals surface area contributed by atoms with Crippen LogP contribution in [0.1, 0.15) is 46.7 Å². The third-order valence-electron chi connectivity index (χ3n) is 4.30. The Bertz CT molecular complexity index is 640. The monoisotopic (exact) mass is 312 g/mol. The smallest absolute Gasteiger partial charge is 0.287 e. The molecule has 1 saturated heterocycles. The molecule has 4 nitrogen and oxygen atoms in total. The number of rotatable bonds is 5. The minimum Gasteiger partial charge on any atom is -0.456 e. The van der Waals surface area contributed by atoms with E-state index in [1.54, 1.807) is 12.1 Å². The normalized spacial score (nSPS) is 15.5. The van der Waals surface area contributed by atoms with Gasteiger partial charge in [-0.1, -0.05) is 30.7 Å². The number of hydrogen-bond donors (Lipinski definition) is 1. The molecule has 23 heavy (non-hydrogen) atoms. The van der Waals surface area contributed by atoms with Crippen LogP contribution in [0.5, 0.6) is 0 Å². The summed E-state index contributed by atoms with van der Waals surface area (Å²) in [6.45, 7) is 5.79. The zero-order chi connectivity index (χ0) is 16.1. The van der Waals surface area contributed by atoms with Gasteiger partial charge < -0.3 is 9.73 Å². The van der Waals surface area contributed by atoms with Crippen LogP contribution in [0.15, 0.2) is 40.8 Å². The highest BCUT2D eigenvalue weighted by molar-refractivity contribution is 5.91. The Kier molecular flexibility index (Phi) is 5.13. The quantitative estimate of drug-likeness (QED) is 0.919. The van der Waals surface area contributed by atoms with E-state index in [9.17, 15) is 4.79 Å². The zero-order valence-corrected chi connectivity index (χ0v) is 13.7. The van der Waals surface area contributed by atoms with E-state index in [1.165, 1.54) is 37.9 Å². The second kappa shape index (κ2) is 7.47. The van der Waals surface area contributed by atoms with E-state index in [1.807, 2.05) is 6.92 Å². The van der Waals surface area contributed by atoms with Crippen molar-refractivity contribution in [3.63, 3.8) is 0 Å². The van der Waals surface area contributed by atoms with Gasteiger partial charge in [-0.15, -0.1) is 0 Å². The van der Waals surface area contributed by atoms with Crippen LogP contribution in [0, 0.1) is 6.92 Å². The van der Waals surface area contributed by atoms with Gasteiger partial charge in [0.25, 0.3) is 5.91 Å².